The summed E-state index contributed by atoms with van der Waals surface area (Å²) in [5.74, 6) is -0.430. The van der Waals surface area contributed by atoms with Gasteiger partial charge in [0, 0.05) is 16.5 Å². The summed E-state index contributed by atoms with van der Waals surface area (Å²) in [7, 11) is 0. The lowest BCUT2D eigenvalue weighted by Gasteiger charge is -2.00. The zero-order chi connectivity index (χ0) is 10.1. The maximum Gasteiger partial charge on any atom is 0.134 e. The van der Waals surface area contributed by atoms with Gasteiger partial charge in [-0.05, 0) is 36.1 Å². The molecule has 1 heterocycles. The Kier molecular flexibility index (Phi) is 2.25. The molecule has 0 radical (unpaired) electrons. The van der Waals surface area contributed by atoms with Crippen LogP contribution in [0.2, 0.25) is 0 Å². The van der Waals surface area contributed by atoms with E-state index in [-0.39, 0.29) is 11.6 Å². The highest BCUT2D eigenvalue weighted by atomic mass is 32.1. The summed E-state index contributed by atoms with van der Waals surface area (Å²) < 4.78 is 13.4. The first kappa shape index (κ1) is 9.21. The van der Waals surface area contributed by atoms with Crippen molar-refractivity contribution in [1.29, 1.82) is 0 Å². The van der Waals surface area contributed by atoms with Crippen LogP contribution in [0.1, 0.15) is 4.88 Å². The Balaban J connectivity index is 2.52. The molecule has 0 saturated heterocycles. The second-order valence-electron chi connectivity index (χ2n) is 3.11. The van der Waals surface area contributed by atoms with E-state index in [1.54, 1.807) is 17.4 Å². The molecule has 0 saturated carbocycles. The molecular weight excluding hydrogens is 199 g/mol. The monoisotopic (exact) mass is 208 g/mol. The fourth-order valence-corrected chi connectivity index (χ4v) is 2.03. The second-order valence-corrected chi connectivity index (χ2v) is 4.23. The van der Waals surface area contributed by atoms with Crippen molar-refractivity contribution < 1.29 is 9.50 Å². The topological polar surface area (TPSA) is 20.2 Å². The Bertz CT molecular complexity index is 462. The summed E-state index contributed by atoms with van der Waals surface area (Å²) in [6.45, 7) is 1.98. The largest absolute Gasteiger partial charge is 0.508 e. The first-order valence-corrected chi connectivity index (χ1v) is 5.09. The van der Waals surface area contributed by atoms with Crippen LogP contribution in [0.25, 0.3) is 11.1 Å². The SMILES string of the molecule is Cc1cc(-c2ccc(O)cc2F)cs1. The molecule has 72 valence electrons. The van der Waals surface area contributed by atoms with Crippen molar-refractivity contribution >= 4 is 11.3 Å². The third-order valence-corrected chi connectivity index (χ3v) is 2.86. The quantitative estimate of drug-likeness (QED) is 0.759. The molecule has 2 rings (SSSR count). The Morgan fingerprint density at radius 2 is 2.07 bits per heavy atom. The average Bonchev–Trinajstić information content (AvgIpc) is 2.51. The number of hydrogen-bond acceptors (Lipinski definition) is 2. The van der Waals surface area contributed by atoms with Crippen LogP contribution >= 0.6 is 11.3 Å². The van der Waals surface area contributed by atoms with Crippen LogP contribution in [-0.2, 0) is 0 Å². The highest BCUT2D eigenvalue weighted by molar-refractivity contribution is 7.10. The molecule has 2 aromatic rings. The molecule has 0 aliphatic heterocycles. The molecule has 0 atom stereocenters. The Morgan fingerprint density at radius 3 is 2.64 bits per heavy atom. The summed E-state index contributed by atoms with van der Waals surface area (Å²) in [6.07, 6.45) is 0. The van der Waals surface area contributed by atoms with E-state index in [0.29, 0.717) is 5.56 Å². The first-order valence-electron chi connectivity index (χ1n) is 4.21. The van der Waals surface area contributed by atoms with Gasteiger partial charge in [-0.15, -0.1) is 11.3 Å². The lowest BCUT2D eigenvalue weighted by molar-refractivity contribution is 0.469. The van der Waals surface area contributed by atoms with Crippen molar-refractivity contribution in [2.75, 3.05) is 0 Å². The van der Waals surface area contributed by atoms with Gasteiger partial charge in [-0.1, -0.05) is 0 Å². The minimum Gasteiger partial charge on any atom is -0.508 e. The van der Waals surface area contributed by atoms with Crippen molar-refractivity contribution in [3.8, 4) is 16.9 Å². The summed E-state index contributed by atoms with van der Waals surface area (Å²) in [5.41, 5.74) is 1.40. The lowest BCUT2D eigenvalue weighted by atomic mass is 10.1. The third kappa shape index (κ3) is 1.63. The first-order chi connectivity index (χ1) is 6.66. The second kappa shape index (κ2) is 3.42. The fourth-order valence-electron chi connectivity index (χ4n) is 1.32. The van der Waals surface area contributed by atoms with E-state index >= 15 is 0 Å². The van der Waals surface area contributed by atoms with Gasteiger partial charge in [0.2, 0.25) is 0 Å². The Labute approximate surface area is 85.5 Å². The van der Waals surface area contributed by atoms with E-state index in [2.05, 4.69) is 0 Å². The summed E-state index contributed by atoms with van der Waals surface area (Å²) >= 11 is 1.58. The van der Waals surface area contributed by atoms with Crippen LogP contribution in [0, 0.1) is 12.7 Å². The smallest absolute Gasteiger partial charge is 0.134 e. The number of aromatic hydroxyl groups is 1. The van der Waals surface area contributed by atoms with Crippen molar-refractivity contribution in [3.63, 3.8) is 0 Å². The molecular formula is C11H9FOS. The standard InChI is InChI=1S/C11H9FOS/c1-7-4-8(6-14-7)10-3-2-9(13)5-11(10)12/h2-6,13H,1H3. The van der Waals surface area contributed by atoms with Crippen LogP contribution in [0.4, 0.5) is 4.39 Å². The number of phenols is 1. The zero-order valence-corrected chi connectivity index (χ0v) is 8.44. The van der Waals surface area contributed by atoms with Gasteiger partial charge in [0.15, 0.2) is 0 Å². The molecule has 0 spiro atoms. The van der Waals surface area contributed by atoms with Gasteiger partial charge in [0.05, 0.1) is 0 Å². The van der Waals surface area contributed by atoms with E-state index in [9.17, 15) is 4.39 Å². The summed E-state index contributed by atoms with van der Waals surface area (Å²) in [6, 6.07) is 6.14. The van der Waals surface area contributed by atoms with E-state index in [4.69, 9.17) is 5.11 Å². The normalized spacial score (nSPS) is 10.4. The molecule has 0 aliphatic carbocycles. The van der Waals surface area contributed by atoms with Gasteiger partial charge in [0.1, 0.15) is 11.6 Å². The Morgan fingerprint density at radius 1 is 1.29 bits per heavy atom. The molecule has 14 heavy (non-hydrogen) atoms. The molecule has 0 unspecified atom stereocenters. The molecule has 0 amide bonds. The van der Waals surface area contributed by atoms with Crippen molar-refractivity contribution in [1.82, 2.24) is 0 Å². The predicted octanol–water partition coefficient (Wildman–Crippen LogP) is 3.57. The van der Waals surface area contributed by atoms with Crippen LogP contribution in [-0.4, -0.2) is 5.11 Å². The minimum atomic E-state index is -0.386. The van der Waals surface area contributed by atoms with Gasteiger partial charge in [-0.3, -0.25) is 0 Å². The minimum absolute atomic E-state index is 0.0433. The highest BCUT2D eigenvalue weighted by Crippen LogP contribution is 2.29. The van der Waals surface area contributed by atoms with Crippen LogP contribution in [0.15, 0.2) is 29.6 Å². The van der Waals surface area contributed by atoms with Crippen LogP contribution in [0.3, 0.4) is 0 Å². The molecule has 1 aromatic carbocycles. The maximum atomic E-state index is 13.4. The zero-order valence-electron chi connectivity index (χ0n) is 7.62. The van der Waals surface area contributed by atoms with Crippen LogP contribution in [0.5, 0.6) is 5.75 Å². The van der Waals surface area contributed by atoms with E-state index < -0.39 is 0 Å². The average molecular weight is 208 g/mol. The number of halogens is 1. The number of rotatable bonds is 1. The van der Waals surface area contributed by atoms with E-state index in [0.717, 1.165) is 16.5 Å². The number of phenolic OH excluding ortho intramolecular Hbond substituents is 1. The van der Waals surface area contributed by atoms with Gasteiger partial charge < -0.3 is 5.11 Å². The van der Waals surface area contributed by atoms with E-state index in [1.165, 1.54) is 6.07 Å². The predicted molar refractivity (Wildman–Crippen MR) is 56.1 cm³/mol. The maximum absolute atomic E-state index is 13.4. The van der Waals surface area contributed by atoms with Crippen molar-refractivity contribution in [3.05, 3.63) is 40.3 Å². The van der Waals surface area contributed by atoms with Crippen molar-refractivity contribution in [2.45, 2.75) is 6.92 Å². The lowest BCUT2D eigenvalue weighted by Crippen LogP contribution is -1.81. The third-order valence-electron chi connectivity index (χ3n) is 1.99. The highest BCUT2D eigenvalue weighted by Gasteiger charge is 2.06. The number of benzene rings is 1. The molecule has 1 nitrogen and oxygen atoms in total. The molecule has 0 fully saturated rings. The molecule has 1 aromatic heterocycles. The molecule has 3 heteroatoms. The molecule has 0 aliphatic rings. The van der Waals surface area contributed by atoms with Gasteiger partial charge in [-0.25, -0.2) is 4.39 Å². The number of hydrogen-bond donors (Lipinski definition) is 1. The number of thiophene rings is 1. The van der Waals surface area contributed by atoms with Crippen LogP contribution < -0.4 is 0 Å². The number of aryl methyl sites for hydroxylation is 1. The Hall–Kier alpha value is -1.35. The molecule has 0 bridgehead atoms. The van der Waals surface area contributed by atoms with Gasteiger partial charge in [-0.2, -0.15) is 0 Å². The summed E-state index contributed by atoms with van der Waals surface area (Å²) in [5, 5.41) is 11.0. The van der Waals surface area contributed by atoms with Crippen molar-refractivity contribution in [2.24, 2.45) is 0 Å². The van der Waals surface area contributed by atoms with Gasteiger partial charge >= 0.3 is 0 Å². The van der Waals surface area contributed by atoms with Gasteiger partial charge in [0.25, 0.3) is 0 Å². The fraction of sp³-hybridized carbons (Fsp3) is 0.0909. The molecule has 1 N–H and O–H groups in total. The summed E-state index contributed by atoms with van der Waals surface area (Å²) in [4.78, 5) is 1.15. The van der Waals surface area contributed by atoms with E-state index in [1.807, 2.05) is 18.4 Å².